The highest BCUT2D eigenvalue weighted by molar-refractivity contribution is 6.34. The van der Waals surface area contributed by atoms with Crippen molar-refractivity contribution in [3.8, 4) is 0 Å². The molecule has 2 aromatic rings. The number of halogens is 1. The zero-order chi connectivity index (χ0) is 17.1. The van der Waals surface area contributed by atoms with Crippen LogP contribution >= 0.6 is 11.6 Å². The first kappa shape index (κ1) is 16.6. The number of hydrogen-bond acceptors (Lipinski definition) is 4. The second kappa shape index (κ2) is 6.58. The van der Waals surface area contributed by atoms with Crippen molar-refractivity contribution in [3.63, 3.8) is 0 Å². The molecule has 1 amide bonds. The van der Waals surface area contributed by atoms with Crippen LogP contribution in [-0.2, 0) is 4.79 Å². The molecule has 0 aliphatic heterocycles. The van der Waals surface area contributed by atoms with Crippen LogP contribution in [0, 0.1) is 17.0 Å². The Balaban J connectivity index is 2.43. The summed E-state index contributed by atoms with van der Waals surface area (Å²) in [6.45, 7) is 2.93. The van der Waals surface area contributed by atoms with E-state index in [2.05, 4.69) is 5.32 Å². The fourth-order valence-corrected chi connectivity index (χ4v) is 2.23. The van der Waals surface area contributed by atoms with Crippen molar-refractivity contribution in [2.24, 2.45) is 0 Å². The Hall–Kier alpha value is -2.73. The van der Waals surface area contributed by atoms with Gasteiger partial charge in [-0.05, 0) is 25.1 Å². The van der Waals surface area contributed by atoms with E-state index in [9.17, 15) is 19.7 Å². The maximum atomic E-state index is 12.5. The SMILES string of the molecule is CC(=O)Nc1cc(C(=O)c2ccc(C)c([N+](=O)[O-])c2)ccc1Cl. The lowest BCUT2D eigenvalue weighted by Crippen LogP contribution is -2.08. The molecule has 0 saturated carbocycles. The molecule has 2 aromatic carbocycles. The smallest absolute Gasteiger partial charge is 0.273 e. The minimum absolute atomic E-state index is 0.119. The number of aryl methyl sites for hydroxylation is 1. The number of ketones is 1. The largest absolute Gasteiger partial charge is 0.325 e. The number of rotatable bonds is 4. The van der Waals surface area contributed by atoms with E-state index in [1.807, 2.05) is 0 Å². The number of carbonyl (C=O) groups is 2. The Kier molecular flexibility index (Phi) is 4.76. The van der Waals surface area contributed by atoms with Gasteiger partial charge in [-0.15, -0.1) is 0 Å². The van der Waals surface area contributed by atoms with E-state index < -0.39 is 10.7 Å². The Bertz CT molecular complexity index is 818. The van der Waals surface area contributed by atoms with Gasteiger partial charge in [0.25, 0.3) is 5.69 Å². The standard InChI is InChI=1S/C16H13ClN2O4/c1-9-3-4-12(8-15(9)19(22)23)16(21)11-5-6-13(17)14(7-11)18-10(2)20/h3-8H,1-2H3,(H,18,20). The highest BCUT2D eigenvalue weighted by Gasteiger charge is 2.17. The summed E-state index contributed by atoms with van der Waals surface area (Å²) in [5.74, 6) is -0.709. The molecule has 0 atom stereocenters. The molecule has 118 valence electrons. The topological polar surface area (TPSA) is 89.3 Å². The first-order valence-corrected chi connectivity index (χ1v) is 7.04. The lowest BCUT2D eigenvalue weighted by Gasteiger charge is -2.08. The lowest BCUT2D eigenvalue weighted by atomic mass is 10.0. The van der Waals surface area contributed by atoms with Gasteiger partial charge in [-0.1, -0.05) is 23.7 Å². The summed E-state index contributed by atoms with van der Waals surface area (Å²) in [4.78, 5) is 34.1. The molecule has 0 bridgehead atoms. The summed E-state index contributed by atoms with van der Waals surface area (Å²) in [5, 5.41) is 13.8. The fraction of sp³-hybridized carbons (Fsp3) is 0.125. The van der Waals surface area contributed by atoms with Crippen LogP contribution in [0.15, 0.2) is 36.4 Å². The molecule has 7 heteroatoms. The number of hydrogen-bond donors (Lipinski definition) is 1. The summed E-state index contributed by atoms with van der Waals surface area (Å²) in [5.41, 5.74) is 1.13. The molecular formula is C16H13ClN2O4. The van der Waals surface area contributed by atoms with E-state index in [-0.39, 0.29) is 22.7 Å². The zero-order valence-corrected chi connectivity index (χ0v) is 13.2. The highest BCUT2D eigenvalue weighted by atomic mass is 35.5. The summed E-state index contributed by atoms with van der Waals surface area (Å²) < 4.78 is 0. The molecule has 0 spiro atoms. The first-order valence-electron chi connectivity index (χ1n) is 6.66. The van der Waals surface area contributed by atoms with Crippen LogP contribution in [0.2, 0.25) is 5.02 Å². The van der Waals surface area contributed by atoms with E-state index in [4.69, 9.17) is 11.6 Å². The molecule has 1 N–H and O–H groups in total. The summed E-state index contributed by atoms with van der Waals surface area (Å²) in [7, 11) is 0. The minimum atomic E-state index is -0.531. The summed E-state index contributed by atoms with van der Waals surface area (Å²) >= 11 is 5.96. The van der Waals surface area contributed by atoms with Crippen molar-refractivity contribution >= 4 is 34.7 Å². The molecule has 6 nitrogen and oxygen atoms in total. The minimum Gasteiger partial charge on any atom is -0.325 e. The number of nitrogens with one attached hydrogen (secondary N) is 1. The van der Waals surface area contributed by atoms with Crippen molar-refractivity contribution in [2.75, 3.05) is 5.32 Å². The van der Waals surface area contributed by atoms with E-state index >= 15 is 0 Å². The van der Waals surface area contributed by atoms with Crippen molar-refractivity contribution < 1.29 is 14.5 Å². The number of nitrogens with zero attached hydrogens (tertiary/aromatic N) is 1. The lowest BCUT2D eigenvalue weighted by molar-refractivity contribution is -0.385. The molecule has 0 aromatic heterocycles. The van der Waals surface area contributed by atoms with Gasteiger partial charge in [-0.3, -0.25) is 19.7 Å². The van der Waals surface area contributed by atoms with Crippen LogP contribution < -0.4 is 5.32 Å². The Labute approximate surface area is 137 Å². The van der Waals surface area contributed by atoms with Gasteiger partial charge in [0.15, 0.2) is 5.78 Å². The number of benzene rings is 2. The van der Waals surface area contributed by atoms with Crippen LogP contribution in [0.25, 0.3) is 0 Å². The Morgan fingerprint density at radius 3 is 2.35 bits per heavy atom. The molecule has 0 heterocycles. The number of amides is 1. The molecule has 0 saturated heterocycles. The molecule has 0 fully saturated rings. The molecule has 0 unspecified atom stereocenters. The maximum Gasteiger partial charge on any atom is 0.273 e. The van der Waals surface area contributed by atoms with Gasteiger partial charge in [-0.2, -0.15) is 0 Å². The van der Waals surface area contributed by atoms with Crippen molar-refractivity contribution in [2.45, 2.75) is 13.8 Å². The summed E-state index contributed by atoms with van der Waals surface area (Å²) in [6, 6.07) is 8.72. The normalized spacial score (nSPS) is 10.2. The third kappa shape index (κ3) is 3.73. The van der Waals surface area contributed by atoms with Gasteiger partial charge in [0.2, 0.25) is 5.91 Å². The fourth-order valence-electron chi connectivity index (χ4n) is 2.07. The van der Waals surface area contributed by atoms with Gasteiger partial charge in [0.05, 0.1) is 15.6 Å². The molecule has 0 radical (unpaired) electrons. The average molecular weight is 333 g/mol. The molecular weight excluding hydrogens is 320 g/mol. The molecule has 2 rings (SSSR count). The van der Waals surface area contributed by atoms with Crippen LogP contribution in [-0.4, -0.2) is 16.6 Å². The van der Waals surface area contributed by atoms with E-state index in [1.54, 1.807) is 6.92 Å². The highest BCUT2D eigenvalue weighted by Crippen LogP contribution is 2.26. The number of nitro groups is 1. The van der Waals surface area contributed by atoms with Gasteiger partial charge in [0.1, 0.15) is 0 Å². The second-order valence-electron chi connectivity index (χ2n) is 4.96. The van der Waals surface area contributed by atoms with Crippen molar-refractivity contribution in [1.82, 2.24) is 0 Å². The van der Waals surface area contributed by atoms with E-state index in [0.29, 0.717) is 16.3 Å². The second-order valence-corrected chi connectivity index (χ2v) is 5.37. The third-order valence-corrected chi connectivity index (χ3v) is 3.54. The van der Waals surface area contributed by atoms with E-state index in [1.165, 1.54) is 43.3 Å². The first-order chi connectivity index (χ1) is 10.8. The van der Waals surface area contributed by atoms with Crippen LogP contribution in [0.4, 0.5) is 11.4 Å². The number of anilines is 1. The van der Waals surface area contributed by atoms with E-state index in [0.717, 1.165) is 0 Å². The number of nitro benzene ring substituents is 1. The van der Waals surface area contributed by atoms with Gasteiger partial charge in [0, 0.05) is 29.7 Å². The Morgan fingerprint density at radius 2 is 1.74 bits per heavy atom. The Morgan fingerprint density at radius 1 is 1.13 bits per heavy atom. The molecule has 0 aliphatic carbocycles. The quantitative estimate of drug-likeness (QED) is 0.524. The maximum absolute atomic E-state index is 12.5. The van der Waals surface area contributed by atoms with Crippen LogP contribution in [0.5, 0.6) is 0 Å². The molecule has 23 heavy (non-hydrogen) atoms. The van der Waals surface area contributed by atoms with Crippen molar-refractivity contribution in [1.29, 1.82) is 0 Å². The van der Waals surface area contributed by atoms with Gasteiger partial charge >= 0.3 is 0 Å². The molecule has 0 aliphatic rings. The van der Waals surface area contributed by atoms with Crippen LogP contribution in [0.1, 0.15) is 28.4 Å². The van der Waals surface area contributed by atoms with Gasteiger partial charge < -0.3 is 5.32 Å². The predicted molar refractivity (Wildman–Crippen MR) is 87.0 cm³/mol. The number of carbonyl (C=O) groups excluding carboxylic acids is 2. The van der Waals surface area contributed by atoms with Crippen LogP contribution in [0.3, 0.4) is 0 Å². The van der Waals surface area contributed by atoms with Crippen molar-refractivity contribution in [3.05, 3.63) is 68.2 Å². The van der Waals surface area contributed by atoms with Gasteiger partial charge in [-0.25, -0.2) is 0 Å². The zero-order valence-electron chi connectivity index (χ0n) is 12.4. The average Bonchev–Trinajstić information content (AvgIpc) is 2.48. The predicted octanol–water partition coefficient (Wildman–Crippen LogP) is 3.75. The monoisotopic (exact) mass is 332 g/mol. The summed E-state index contributed by atoms with van der Waals surface area (Å²) in [6.07, 6.45) is 0. The third-order valence-electron chi connectivity index (χ3n) is 3.21.